The number of alkyl halides is 3. The van der Waals surface area contributed by atoms with Gasteiger partial charge in [0.2, 0.25) is 15.9 Å². The predicted molar refractivity (Wildman–Crippen MR) is 110 cm³/mol. The van der Waals surface area contributed by atoms with Crippen LogP contribution in [0.4, 0.5) is 13.2 Å². The van der Waals surface area contributed by atoms with Crippen molar-refractivity contribution in [1.82, 2.24) is 19.2 Å². The summed E-state index contributed by atoms with van der Waals surface area (Å²) in [6, 6.07) is 4.64. The van der Waals surface area contributed by atoms with Crippen molar-refractivity contribution in [2.75, 3.05) is 19.6 Å². The van der Waals surface area contributed by atoms with Gasteiger partial charge in [0.05, 0.1) is 21.2 Å². The Labute approximate surface area is 178 Å². The van der Waals surface area contributed by atoms with Gasteiger partial charge in [0, 0.05) is 19.6 Å². The fraction of sp³-hybridized carbons (Fsp3) is 0.556. The van der Waals surface area contributed by atoms with E-state index in [0.29, 0.717) is 35.8 Å². The molecule has 0 aliphatic heterocycles. The molecule has 1 aromatic carbocycles. The normalized spacial score (nSPS) is 13.7. The monoisotopic (exact) mass is 466 g/mol. The number of nitrogens with zero attached hydrogens (tertiary/aromatic N) is 3. The van der Waals surface area contributed by atoms with E-state index in [2.05, 4.69) is 4.98 Å². The first-order valence-electron chi connectivity index (χ1n) is 9.46. The number of thioether (sulfide) groups is 1. The minimum absolute atomic E-state index is 0.118. The number of halogens is 3. The number of sulfonamides is 1. The molecule has 0 bridgehead atoms. The molecule has 30 heavy (non-hydrogen) atoms. The van der Waals surface area contributed by atoms with Crippen molar-refractivity contribution in [3.05, 3.63) is 18.2 Å². The lowest BCUT2D eigenvalue weighted by Gasteiger charge is -2.18. The van der Waals surface area contributed by atoms with E-state index in [9.17, 15) is 26.4 Å². The topological polar surface area (TPSA) is 84.3 Å². The van der Waals surface area contributed by atoms with Crippen LogP contribution in [0, 0.1) is 0 Å². The van der Waals surface area contributed by atoms with Gasteiger partial charge in [-0.3, -0.25) is 4.79 Å². The van der Waals surface area contributed by atoms with E-state index in [-0.39, 0.29) is 4.90 Å². The molecule has 0 aliphatic rings. The van der Waals surface area contributed by atoms with Crippen molar-refractivity contribution < 1.29 is 26.4 Å². The maximum Gasteiger partial charge on any atom is 0.405 e. The van der Waals surface area contributed by atoms with Gasteiger partial charge in [-0.25, -0.2) is 13.4 Å². The number of aryl methyl sites for hydroxylation is 1. The van der Waals surface area contributed by atoms with Crippen molar-refractivity contribution in [2.45, 2.75) is 55.7 Å². The van der Waals surface area contributed by atoms with E-state index < -0.39 is 33.9 Å². The number of nitrogens with one attached hydrogen (secondary N) is 1. The van der Waals surface area contributed by atoms with Crippen molar-refractivity contribution >= 4 is 38.7 Å². The van der Waals surface area contributed by atoms with E-state index in [0.717, 1.165) is 11.8 Å². The molecule has 0 radical (unpaired) electrons. The Bertz CT molecular complexity index is 1000. The molecule has 0 spiro atoms. The smallest absolute Gasteiger partial charge is 0.346 e. The zero-order valence-electron chi connectivity index (χ0n) is 17.2. The zero-order valence-corrected chi connectivity index (χ0v) is 18.8. The van der Waals surface area contributed by atoms with Crippen LogP contribution in [0.2, 0.25) is 0 Å². The Morgan fingerprint density at radius 1 is 1.27 bits per heavy atom. The summed E-state index contributed by atoms with van der Waals surface area (Å²) in [4.78, 5) is 16.5. The van der Waals surface area contributed by atoms with Crippen LogP contribution in [0.25, 0.3) is 11.0 Å². The van der Waals surface area contributed by atoms with Crippen molar-refractivity contribution in [2.24, 2.45) is 0 Å². The van der Waals surface area contributed by atoms with Crippen molar-refractivity contribution in [3.8, 4) is 0 Å². The molecule has 0 saturated heterocycles. The molecule has 0 aliphatic carbocycles. The van der Waals surface area contributed by atoms with Gasteiger partial charge in [-0.1, -0.05) is 25.6 Å². The summed E-state index contributed by atoms with van der Waals surface area (Å²) in [6.45, 7) is 6.64. The van der Waals surface area contributed by atoms with Crippen LogP contribution in [0.3, 0.4) is 0 Å². The average Bonchev–Trinajstić information content (AvgIpc) is 3.02. The first-order chi connectivity index (χ1) is 13.9. The first kappa shape index (κ1) is 24.5. The maximum absolute atomic E-state index is 12.8. The lowest BCUT2D eigenvalue weighted by atomic mass is 10.3. The van der Waals surface area contributed by atoms with Gasteiger partial charge in [0.1, 0.15) is 6.54 Å². The summed E-state index contributed by atoms with van der Waals surface area (Å²) >= 11 is 1.02. The van der Waals surface area contributed by atoms with Crippen LogP contribution in [0.5, 0.6) is 0 Å². The lowest BCUT2D eigenvalue weighted by Crippen LogP contribution is -2.38. The second-order valence-electron chi connectivity index (χ2n) is 6.47. The number of aromatic nitrogens is 2. The Balaban J connectivity index is 2.33. The third-order valence-electron chi connectivity index (χ3n) is 4.46. The van der Waals surface area contributed by atoms with Gasteiger partial charge < -0.3 is 9.88 Å². The van der Waals surface area contributed by atoms with Crippen LogP contribution in [0.1, 0.15) is 27.7 Å². The van der Waals surface area contributed by atoms with Gasteiger partial charge in [0.25, 0.3) is 0 Å². The van der Waals surface area contributed by atoms with Gasteiger partial charge in [0.15, 0.2) is 5.16 Å². The number of carbonyl (C=O) groups excluding carboxylic acids is 1. The van der Waals surface area contributed by atoms with E-state index in [1.54, 1.807) is 24.5 Å². The summed E-state index contributed by atoms with van der Waals surface area (Å²) in [7, 11) is -3.65. The molecule has 7 nitrogen and oxygen atoms in total. The number of hydrogen-bond acceptors (Lipinski definition) is 5. The standard InChI is InChI=1S/C18H25F3N4O3S2/c1-5-24(6-2)30(27,28)13-8-9-15-14(10-13)23-17(25(15)7-3)29-12(4)16(26)22-11-18(19,20)21/h8-10,12H,5-7,11H2,1-4H3,(H,22,26)/t12-/m1/s1. The highest BCUT2D eigenvalue weighted by molar-refractivity contribution is 8.00. The summed E-state index contributed by atoms with van der Waals surface area (Å²) in [6.07, 6.45) is -4.48. The van der Waals surface area contributed by atoms with E-state index in [1.807, 2.05) is 12.2 Å². The second-order valence-corrected chi connectivity index (χ2v) is 9.72. The van der Waals surface area contributed by atoms with Crippen LogP contribution >= 0.6 is 11.8 Å². The second kappa shape index (κ2) is 9.56. The number of hydrogen-bond donors (Lipinski definition) is 1. The highest BCUT2D eigenvalue weighted by atomic mass is 32.2. The number of amides is 1. The maximum atomic E-state index is 12.8. The molecule has 12 heteroatoms. The number of benzene rings is 1. The summed E-state index contributed by atoms with van der Waals surface area (Å²) < 4.78 is 65.6. The SMILES string of the molecule is CCN(CC)S(=O)(=O)c1ccc2c(c1)nc(S[C@H](C)C(=O)NCC(F)(F)F)n2CC. The molecular weight excluding hydrogens is 441 g/mol. The third-order valence-corrected chi connectivity index (χ3v) is 7.59. The number of carbonyl (C=O) groups is 1. The molecule has 1 heterocycles. The first-order valence-corrected chi connectivity index (χ1v) is 11.8. The van der Waals surface area contributed by atoms with Crippen LogP contribution in [-0.4, -0.2) is 59.2 Å². The van der Waals surface area contributed by atoms with Gasteiger partial charge in [-0.05, 0) is 32.0 Å². The van der Waals surface area contributed by atoms with Crippen molar-refractivity contribution in [1.29, 1.82) is 0 Å². The number of fused-ring (bicyclic) bond motifs is 1. The molecular formula is C18H25F3N4O3S2. The van der Waals surface area contributed by atoms with E-state index >= 15 is 0 Å². The largest absolute Gasteiger partial charge is 0.405 e. The van der Waals surface area contributed by atoms with Gasteiger partial charge in [-0.2, -0.15) is 17.5 Å². The van der Waals surface area contributed by atoms with Crippen LogP contribution < -0.4 is 5.32 Å². The fourth-order valence-corrected chi connectivity index (χ4v) is 5.39. The van der Waals surface area contributed by atoms with Gasteiger partial charge in [-0.15, -0.1) is 0 Å². The number of imidazole rings is 1. The lowest BCUT2D eigenvalue weighted by molar-refractivity contribution is -0.137. The Kier molecular flexibility index (Phi) is 7.80. The average molecular weight is 467 g/mol. The van der Waals surface area contributed by atoms with E-state index in [4.69, 9.17) is 0 Å². The molecule has 0 fully saturated rings. The van der Waals surface area contributed by atoms with E-state index in [1.165, 1.54) is 23.4 Å². The molecule has 1 amide bonds. The Morgan fingerprint density at radius 2 is 1.90 bits per heavy atom. The van der Waals surface area contributed by atoms with Crippen LogP contribution in [-0.2, 0) is 21.4 Å². The summed E-state index contributed by atoms with van der Waals surface area (Å²) in [5.41, 5.74) is 1.12. The predicted octanol–water partition coefficient (Wildman–Crippen LogP) is 3.25. The highest BCUT2D eigenvalue weighted by Gasteiger charge is 2.29. The molecule has 0 saturated carbocycles. The number of rotatable bonds is 9. The minimum atomic E-state index is -4.48. The third kappa shape index (κ3) is 5.46. The minimum Gasteiger partial charge on any atom is -0.346 e. The molecule has 2 aromatic rings. The molecule has 1 N–H and O–H groups in total. The quantitative estimate of drug-likeness (QED) is 0.574. The van der Waals surface area contributed by atoms with Gasteiger partial charge >= 0.3 is 6.18 Å². The molecule has 1 atom stereocenters. The highest BCUT2D eigenvalue weighted by Crippen LogP contribution is 2.29. The fourth-order valence-electron chi connectivity index (χ4n) is 2.90. The molecule has 168 valence electrons. The Morgan fingerprint density at radius 3 is 2.43 bits per heavy atom. The zero-order chi connectivity index (χ0) is 22.7. The summed E-state index contributed by atoms with van der Waals surface area (Å²) in [5, 5.41) is 1.48. The molecule has 2 rings (SSSR count). The molecule has 1 aromatic heterocycles. The summed E-state index contributed by atoms with van der Waals surface area (Å²) in [5.74, 6) is -0.753. The van der Waals surface area contributed by atoms with Crippen LogP contribution in [0.15, 0.2) is 28.3 Å². The Hall–Kier alpha value is -1.79. The molecule has 0 unspecified atom stereocenters. The van der Waals surface area contributed by atoms with Crippen molar-refractivity contribution in [3.63, 3.8) is 0 Å².